The Balaban J connectivity index is 2.40. The Labute approximate surface area is 121 Å². The second kappa shape index (κ2) is 9.10. The molecule has 1 aromatic heterocycles. The van der Waals surface area contributed by atoms with Crippen molar-refractivity contribution in [3.63, 3.8) is 0 Å². The summed E-state index contributed by atoms with van der Waals surface area (Å²) in [4.78, 5) is 11.1. The van der Waals surface area contributed by atoms with Crippen molar-refractivity contribution in [2.24, 2.45) is 0 Å². The molecule has 0 amide bonds. The van der Waals surface area contributed by atoms with Crippen molar-refractivity contribution >= 4 is 17.4 Å². The lowest BCUT2D eigenvalue weighted by atomic mass is 10.3. The summed E-state index contributed by atoms with van der Waals surface area (Å²) in [5.41, 5.74) is 0. The van der Waals surface area contributed by atoms with E-state index in [9.17, 15) is 0 Å². The third-order valence-corrected chi connectivity index (χ3v) is 3.26. The number of nitrogens with one attached hydrogen (secondary N) is 1. The highest BCUT2D eigenvalue weighted by Crippen LogP contribution is 2.12. The maximum Gasteiger partial charge on any atom is 0.134 e. The Hall–Kier alpha value is -0.870. The minimum Gasteiger partial charge on any atom is -0.370 e. The van der Waals surface area contributed by atoms with Crippen LogP contribution in [0.15, 0.2) is 6.07 Å². The molecule has 0 radical (unpaired) electrons. The van der Waals surface area contributed by atoms with Crippen LogP contribution in [0.4, 0.5) is 5.82 Å². The number of aromatic nitrogens is 2. The van der Waals surface area contributed by atoms with Gasteiger partial charge < -0.3 is 10.2 Å². The molecule has 0 unspecified atom stereocenters. The molecule has 0 aliphatic heterocycles. The molecule has 1 heterocycles. The van der Waals surface area contributed by atoms with Crippen molar-refractivity contribution in [3.05, 3.63) is 17.0 Å². The molecule has 1 N–H and O–H groups in total. The van der Waals surface area contributed by atoms with Gasteiger partial charge in [0.25, 0.3) is 0 Å². The number of aryl methyl sites for hydroxylation is 1. The molecule has 19 heavy (non-hydrogen) atoms. The maximum atomic E-state index is 5.99. The predicted molar refractivity (Wildman–Crippen MR) is 81.9 cm³/mol. The zero-order chi connectivity index (χ0) is 14.1. The molecule has 1 aromatic rings. The van der Waals surface area contributed by atoms with Crippen LogP contribution in [-0.2, 0) is 6.42 Å². The Morgan fingerprint density at radius 2 is 1.95 bits per heavy atom. The number of halogens is 1. The van der Waals surface area contributed by atoms with Crippen LogP contribution in [0.5, 0.6) is 0 Å². The van der Waals surface area contributed by atoms with Gasteiger partial charge in [0.05, 0.1) is 0 Å². The van der Waals surface area contributed by atoms with Crippen LogP contribution in [0, 0.1) is 0 Å². The molecular formula is C14H25ClN4. The summed E-state index contributed by atoms with van der Waals surface area (Å²) >= 11 is 5.99. The van der Waals surface area contributed by atoms with E-state index in [4.69, 9.17) is 11.6 Å². The lowest BCUT2D eigenvalue weighted by Crippen LogP contribution is -2.25. The van der Waals surface area contributed by atoms with Gasteiger partial charge in [0.1, 0.15) is 16.8 Å². The monoisotopic (exact) mass is 284 g/mol. The average molecular weight is 285 g/mol. The second-order valence-electron chi connectivity index (χ2n) is 4.55. The Kier molecular flexibility index (Phi) is 7.75. The van der Waals surface area contributed by atoms with Crippen LogP contribution in [0.25, 0.3) is 0 Å². The van der Waals surface area contributed by atoms with Gasteiger partial charge >= 0.3 is 0 Å². The highest BCUT2D eigenvalue weighted by molar-refractivity contribution is 6.29. The lowest BCUT2D eigenvalue weighted by molar-refractivity contribution is 0.303. The van der Waals surface area contributed by atoms with Crippen LogP contribution in [-0.4, -0.2) is 41.0 Å². The largest absolute Gasteiger partial charge is 0.370 e. The highest BCUT2D eigenvalue weighted by atomic mass is 35.5. The third kappa shape index (κ3) is 6.21. The molecule has 5 heteroatoms. The molecule has 0 aromatic carbocycles. The minimum atomic E-state index is 0.518. The van der Waals surface area contributed by atoms with E-state index >= 15 is 0 Å². The summed E-state index contributed by atoms with van der Waals surface area (Å²) in [6, 6.07) is 1.79. The average Bonchev–Trinajstić information content (AvgIpc) is 2.39. The summed E-state index contributed by atoms with van der Waals surface area (Å²) in [5.74, 6) is 1.66. The lowest BCUT2D eigenvalue weighted by Gasteiger charge is -2.17. The fourth-order valence-electron chi connectivity index (χ4n) is 1.95. The number of anilines is 1. The molecule has 0 saturated carbocycles. The van der Waals surface area contributed by atoms with Crippen molar-refractivity contribution in [1.82, 2.24) is 14.9 Å². The van der Waals surface area contributed by atoms with Gasteiger partial charge in [0.15, 0.2) is 0 Å². The second-order valence-corrected chi connectivity index (χ2v) is 4.94. The van der Waals surface area contributed by atoms with Gasteiger partial charge in [-0.15, -0.1) is 0 Å². The smallest absolute Gasteiger partial charge is 0.134 e. The van der Waals surface area contributed by atoms with Crippen LogP contribution >= 0.6 is 11.6 Å². The van der Waals surface area contributed by atoms with Gasteiger partial charge in [0, 0.05) is 19.0 Å². The number of nitrogens with zero attached hydrogens (tertiary/aromatic N) is 3. The van der Waals surface area contributed by atoms with E-state index in [-0.39, 0.29) is 0 Å². The Bertz CT molecular complexity index is 366. The van der Waals surface area contributed by atoms with E-state index in [1.807, 2.05) is 0 Å². The molecule has 4 nitrogen and oxygen atoms in total. The normalized spacial score (nSPS) is 11.0. The summed E-state index contributed by atoms with van der Waals surface area (Å²) in [7, 11) is 0. The first kappa shape index (κ1) is 16.2. The first-order valence-electron chi connectivity index (χ1n) is 7.19. The van der Waals surface area contributed by atoms with Gasteiger partial charge in [-0.2, -0.15) is 0 Å². The van der Waals surface area contributed by atoms with Crippen molar-refractivity contribution in [1.29, 1.82) is 0 Å². The van der Waals surface area contributed by atoms with Crippen LogP contribution in [0.3, 0.4) is 0 Å². The van der Waals surface area contributed by atoms with Gasteiger partial charge in [-0.05, 0) is 32.5 Å². The molecule has 0 spiro atoms. The quantitative estimate of drug-likeness (QED) is 0.558. The van der Waals surface area contributed by atoms with Gasteiger partial charge in [-0.3, -0.25) is 0 Å². The van der Waals surface area contributed by atoms with E-state index in [0.717, 1.165) is 57.1 Å². The Morgan fingerprint density at radius 1 is 1.21 bits per heavy atom. The van der Waals surface area contributed by atoms with Crippen LogP contribution < -0.4 is 5.32 Å². The van der Waals surface area contributed by atoms with Gasteiger partial charge in [0.2, 0.25) is 0 Å². The first-order chi connectivity index (χ1) is 9.19. The van der Waals surface area contributed by atoms with Crippen molar-refractivity contribution in [2.75, 3.05) is 31.5 Å². The summed E-state index contributed by atoms with van der Waals surface area (Å²) in [6.07, 6.45) is 3.00. The van der Waals surface area contributed by atoms with E-state index in [0.29, 0.717) is 5.15 Å². The fraction of sp³-hybridized carbons (Fsp3) is 0.714. The third-order valence-electron chi connectivity index (χ3n) is 3.07. The molecule has 108 valence electrons. The number of hydrogen-bond acceptors (Lipinski definition) is 4. The van der Waals surface area contributed by atoms with E-state index in [1.54, 1.807) is 6.07 Å². The summed E-state index contributed by atoms with van der Waals surface area (Å²) in [5, 5.41) is 3.84. The van der Waals surface area contributed by atoms with Crippen LogP contribution in [0.2, 0.25) is 5.15 Å². The van der Waals surface area contributed by atoms with E-state index in [2.05, 4.69) is 41.0 Å². The maximum absolute atomic E-state index is 5.99. The SMILES string of the molecule is CCCc1nc(Cl)cc(NCCCN(CC)CC)n1. The van der Waals surface area contributed by atoms with Gasteiger partial charge in [-0.25, -0.2) is 9.97 Å². The van der Waals surface area contributed by atoms with Gasteiger partial charge in [-0.1, -0.05) is 32.4 Å². The van der Waals surface area contributed by atoms with Crippen molar-refractivity contribution in [2.45, 2.75) is 40.0 Å². The van der Waals surface area contributed by atoms with E-state index < -0.39 is 0 Å². The fourth-order valence-corrected chi connectivity index (χ4v) is 2.15. The number of hydrogen-bond donors (Lipinski definition) is 1. The molecule has 0 aliphatic rings. The van der Waals surface area contributed by atoms with Crippen molar-refractivity contribution < 1.29 is 0 Å². The molecule has 0 atom stereocenters. The molecule has 0 aliphatic carbocycles. The van der Waals surface area contributed by atoms with E-state index in [1.165, 1.54) is 0 Å². The number of rotatable bonds is 9. The molecule has 1 rings (SSSR count). The highest BCUT2D eigenvalue weighted by Gasteiger charge is 2.03. The molecule has 0 bridgehead atoms. The summed E-state index contributed by atoms with van der Waals surface area (Å²) < 4.78 is 0. The zero-order valence-corrected chi connectivity index (χ0v) is 13.0. The standard InChI is InChI=1S/C14H25ClN4/c1-4-8-13-17-12(15)11-14(18-13)16-9-7-10-19(5-2)6-3/h11H,4-10H2,1-3H3,(H,16,17,18). The molecular weight excluding hydrogens is 260 g/mol. The topological polar surface area (TPSA) is 41.1 Å². The summed E-state index contributed by atoms with van der Waals surface area (Å²) in [6.45, 7) is 10.7. The first-order valence-corrected chi connectivity index (χ1v) is 7.57. The van der Waals surface area contributed by atoms with Crippen molar-refractivity contribution in [3.8, 4) is 0 Å². The minimum absolute atomic E-state index is 0.518. The molecule has 0 saturated heterocycles. The Morgan fingerprint density at radius 3 is 2.58 bits per heavy atom. The van der Waals surface area contributed by atoms with Crippen LogP contribution in [0.1, 0.15) is 39.4 Å². The zero-order valence-electron chi connectivity index (χ0n) is 12.2. The molecule has 0 fully saturated rings. The predicted octanol–water partition coefficient (Wildman–Crippen LogP) is 3.23.